The van der Waals surface area contributed by atoms with Gasteiger partial charge in [0.05, 0.1) is 30.3 Å². The number of hydrogen-bond acceptors (Lipinski definition) is 6. The number of carbonyl (C=O) groups excluding carboxylic acids is 2. The Balaban J connectivity index is 1.35. The highest BCUT2D eigenvalue weighted by atomic mass is 19.4. The van der Waals surface area contributed by atoms with Crippen molar-refractivity contribution in [1.29, 1.82) is 0 Å². The third kappa shape index (κ3) is 5.83. The minimum Gasteiger partial charge on any atom is -0.447 e. The van der Waals surface area contributed by atoms with Gasteiger partial charge in [-0.15, -0.1) is 0 Å². The molecule has 0 aromatic heterocycles. The zero-order valence-electron chi connectivity index (χ0n) is 23.2. The molecule has 222 valence electrons. The van der Waals surface area contributed by atoms with Crippen molar-refractivity contribution in [2.75, 3.05) is 60.3 Å². The average Bonchev–Trinajstić information content (AvgIpc) is 3.47. The topological polar surface area (TPSA) is 77.5 Å². The van der Waals surface area contributed by atoms with Crippen LogP contribution in [0.15, 0.2) is 18.2 Å². The molecule has 0 spiro atoms. The first kappa shape index (κ1) is 29.1. The van der Waals surface area contributed by atoms with E-state index >= 15 is 0 Å². The molecule has 2 saturated heterocycles. The van der Waals surface area contributed by atoms with Crippen LogP contribution in [0.5, 0.6) is 0 Å². The van der Waals surface area contributed by atoms with Crippen LogP contribution in [0.1, 0.15) is 42.4 Å². The number of benzene rings is 1. The van der Waals surface area contributed by atoms with Crippen LogP contribution < -0.4 is 0 Å². The first-order valence-electron chi connectivity index (χ1n) is 14.1. The molecule has 1 aliphatic carbocycles. The van der Waals surface area contributed by atoms with E-state index in [1.54, 1.807) is 16.9 Å². The van der Waals surface area contributed by atoms with E-state index in [9.17, 15) is 22.8 Å². The zero-order chi connectivity index (χ0) is 28.5. The van der Waals surface area contributed by atoms with E-state index in [0.29, 0.717) is 50.6 Å². The number of amides is 2. The maximum Gasteiger partial charge on any atom is 0.416 e. The molecule has 8 nitrogen and oxygen atoms in total. The molecule has 0 bridgehead atoms. The quantitative estimate of drug-likeness (QED) is 0.461. The van der Waals surface area contributed by atoms with E-state index in [1.165, 1.54) is 19.2 Å². The minimum absolute atomic E-state index is 0.0227. The Hall–Kier alpha value is -2.37. The highest BCUT2D eigenvalue weighted by Gasteiger charge is 2.60. The van der Waals surface area contributed by atoms with E-state index in [-0.39, 0.29) is 50.2 Å². The van der Waals surface area contributed by atoms with Gasteiger partial charge in [-0.05, 0) is 73.1 Å². The first-order valence-corrected chi connectivity index (χ1v) is 14.1. The van der Waals surface area contributed by atoms with Crippen molar-refractivity contribution < 1.29 is 41.7 Å². The summed E-state index contributed by atoms with van der Waals surface area (Å²) in [6.07, 6.45) is -1.10. The van der Waals surface area contributed by atoms with Gasteiger partial charge in [-0.3, -0.25) is 4.79 Å². The smallest absolute Gasteiger partial charge is 0.416 e. The summed E-state index contributed by atoms with van der Waals surface area (Å²) >= 11 is 0. The average molecular weight is 569 g/mol. The SMILES string of the molecule is COCCOC(=O)N1C[C@@H]2C[C@@H](CC3CCOCC3OC)C[C@]2(C(=O)N2CCc3ccc(C(F)(F)F)cc3C2)C1. The fourth-order valence-corrected chi connectivity index (χ4v) is 7.40. The lowest BCUT2D eigenvalue weighted by atomic mass is 9.77. The molecule has 5 atom stereocenters. The molecular weight excluding hydrogens is 529 g/mol. The van der Waals surface area contributed by atoms with Crippen molar-refractivity contribution in [2.24, 2.45) is 23.2 Å². The fraction of sp³-hybridized carbons (Fsp3) is 0.724. The lowest BCUT2D eigenvalue weighted by Gasteiger charge is -2.38. The highest BCUT2D eigenvalue weighted by molar-refractivity contribution is 5.86. The predicted octanol–water partition coefficient (Wildman–Crippen LogP) is 4.14. The second kappa shape index (κ2) is 11.9. The molecule has 2 amide bonds. The van der Waals surface area contributed by atoms with Crippen LogP contribution in [0.2, 0.25) is 0 Å². The van der Waals surface area contributed by atoms with Crippen LogP contribution in [0.3, 0.4) is 0 Å². The second-order valence-corrected chi connectivity index (χ2v) is 11.7. The molecule has 3 heterocycles. The number of ether oxygens (including phenoxy) is 4. The summed E-state index contributed by atoms with van der Waals surface area (Å²) in [6, 6.07) is 3.81. The van der Waals surface area contributed by atoms with E-state index in [0.717, 1.165) is 30.9 Å². The molecule has 1 aromatic rings. The number of likely N-dealkylation sites (tertiary alicyclic amines) is 1. The number of methoxy groups -OCH3 is 2. The first-order chi connectivity index (χ1) is 19.1. The maximum absolute atomic E-state index is 14.3. The number of rotatable bonds is 7. The molecule has 11 heteroatoms. The Morgan fingerprint density at radius 3 is 2.73 bits per heavy atom. The van der Waals surface area contributed by atoms with E-state index in [1.807, 2.05) is 0 Å². The third-order valence-corrected chi connectivity index (χ3v) is 9.38. The van der Waals surface area contributed by atoms with Crippen molar-refractivity contribution in [1.82, 2.24) is 9.80 Å². The molecule has 2 unspecified atom stereocenters. The van der Waals surface area contributed by atoms with E-state index in [2.05, 4.69) is 0 Å². The molecule has 3 aliphatic heterocycles. The fourth-order valence-electron chi connectivity index (χ4n) is 7.40. The summed E-state index contributed by atoms with van der Waals surface area (Å²) in [5.41, 5.74) is -0.101. The Labute approximate surface area is 233 Å². The molecule has 3 fully saturated rings. The number of halogens is 3. The number of alkyl halides is 3. The van der Waals surface area contributed by atoms with Gasteiger partial charge < -0.3 is 28.7 Å². The van der Waals surface area contributed by atoms with Gasteiger partial charge in [-0.1, -0.05) is 6.07 Å². The van der Waals surface area contributed by atoms with Crippen molar-refractivity contribution in [3.8, 4) is 0 Å². The van der Waals surface area contributed by atoms with Gasteiger partial charge in [0.1, 0.15) is 6.61 Å². The van der Waals surface area contributed by atoms with Crippen LogP contribution in [0.25, 0.3) is 0 Å². The second-order valence-electron chi connectivity index (χ2n) is 11.7. The summed E-state index contributed by atoms with van der Waals surface area (Å²) < 4.78 is 61.8. The number of carbonyl (C=O) groups is 2. The zero-order valence-corrected chi connectivity index (χ0v) is 23.2. The summed E-state index contributed by atoms with van der Waals surface area (Å²) in [7, 11) is 3.23. The van der Waals surface area contributed by atoms with Crippen molar-refractivity contribution >= 4 is 12.0 Å². The summed E-state index contributed by atoms with van der Waals surface area (Å²) in [4.78, 5) is 30.5. The van der Waals surface area contributed by atoms with Gasteiger partial charge in [0.15, 0.2) is 0 Å². The Morgan fingerprint density at radius 1 is 1.15 bits per heavy atom. The Bertz CT molecular complexity index is 1080. The Morgan fingerprint density at radius 2 is 1.98 bits per heavy atom. The molecule has 40 heavy (non-hydrogen) atoms. The van der Waals surface area contributed by atoms with Gasteiger partial charge in [-0.2, -0.15) is 13.2 Å². The molecule has 0 radical (unpaired) electrons. The van der Waals surface area contributed by atoms with Crippen molar-refractivity contribution in [3.63, 3.8) is 0 Å². The van der Waals surface area contributed by atoms with Crippen LogP contribution in [-0.4, -0.2) is 88.2 Å². The van der Waals surface area contributed by atoms with Gasteiger partial charge in [0.2, 0.25) is 5.91 Å². The van der Waals surface area contributed by atoms with Crippen LogP contribution in [-0.2, 0) is 42.9 Å². The molecule has 1 aromatic carbocycles. The molecule has 4 aliphatic rings. The molecule has 5 rings (SSSR count). The molecule has 0 N–H and O–H groups in total. The van der Waals surface area contributed by atoms with Gasteiger partial charge >= 0.3 is 12.3 Å². The van der Waals surface area contributed by atoms with Gasteiger partial charge in [-0.25, -0.2) is 4.79 Å². The van der Waals surface area contributed by atoms with Crippen molar-refractivity contribution in [3.05, 3.63) is 34.9 Å². The monoisotopic (exact) mass is 568 g/mol. The van der Waals surface area contributed by atoms with Crippen molar-refractivity contribution in [2.45, 2.75) is 50.9 Å². The summed E-state index contributed by atoms with van der Waals surface area (Å²) in [6.45, 7) is 2.95. The Kier molecular flexibility index (Phi) is 8.63. The largest absolute Gasteiger partial charge is 0.447 e. The predicted molar refractivity (Wildman–Crippen MR) is 138 cm³/mol. The number of hydrogen-bond donors (Lipinski definition) is 0. The lowest BCUT2D eigenvalue weighted by molar-refractivity contribution is -0.144. The van der Waals surface area contributed by atoms with Gasteiger partial charge in [0, 0.05) is 47.0 Å². The molecular formula is C29H39F3N2O6. The van der Waals surface area contributed by atoms with E-state index < -0.39 is 23.2 Å². The highest BCUT2D eigenvalue weighted by Crippen LogP contribution is 2.54. The minimum atomic E-state index is -4.44. The molecule has 1 saturated carbocycles. The maximum atomic E-state index is 14.3. The van der Waals surface area contributed by atoms with Crippen LogP contribution in [0.4, 0.5) is 18.0 Å². The number of fused-ring (bicyclic) bond motifs is 2. The summed E-state index contributed by atoms with van der Waals surface area (Å²) in [5, 5.41) is 0. The van der Waals surface area contributed by atoms with Gasteiger partial charge in [0.25, 0.3) is 0 Å². The summed E-state index contributed by atoms with van der Waals surface area (Å²) in [5.74, 6) is 0.525. The normalized spacial score (nSPS) is 30.2. The van der Waals surface area contributed by atoms with Crippen LogP contribution >= 0.6 is 0 Å². The van der Waals surface area contributed by atoms with E-state index in [4.69, 9.17) is 18.9 Å². The standard InChI is InChI=1S/C29H39F3N2O6/c1-37-9-10-40-27(36)34-16-24-12-19(11-21-6-8-39-17-25(21)38-2)14-28(24,18-34)26(35)33-7-5-20-3-4-23(29(30,31)32)13-22(20)15-33/h3-4,13,19,21,24-25H,5-12,14-18H2,1-2H3/t19-,21?,24+,25?,28+/m1/s1. The lowest BCUT2D eigenvalue weighted by Crippen LogP contribution is -2.49. The van der Waals surface area contributed by atoms with Crippen LogP contribution in [0, 0.1) is 23.2 Å². The third-order valence-electron chi connectivity index (χ3n) is 9.38. The number of nitrogens with zero attached hydrogens (tertiary/aromatic N) is 2.